The van der Waals surface area contributed by atoms with Gasteiger partial charge >= 0.3 is 0 Å². The lowest BCUT2D eigenvalue weighted by Crippen LogP contribution is -2.57. The second kappa shape index (κ2) is 11.9. The third-order valence-electron chi connectivity index (χ3n) is 15.0. The van der Waals surface area contributed by atoms with Crippen molar-refractivity contribution in [2.24, 2.45) is 23.7 Å². The zero-order chi connectivity index (χ0) is 36.4. The van der Waals surface area contributed by atoms with Crippen molar-refractivity contribution < 1.29 is 0 Å². The molecule has 1 nitrogen and oxygen atoms in total. The molecule has 0 saturated heterocycles. The van der Waals surface area contributed by atoms with Crippen LogP contribution in [0, 0.1) is 23.7 Å². The predicted molar refractivity (Wildman–Crippen MR) is 228 cm³/mol. The summed E-state index contributed by atoms with van der Waals surface area (Å²) in [5.74, 6) is 3.40. The topological polar surface area (TPSA) is 3.24 Å². The van der Waals surface area contributed by atoms with Gasteiger partial charge in [-0.25, -0.2) is 0 Å². The zero-order valence-corrected chi connectivity index (χ0v) is 33.1. The van der Waals surface area contributed by atoms with Crippen molar-refractivity contribution in [3.8, 4) is 11.1 Å². The van der Waals surface area contributed by atoms with Gasteiger partial charge in [0.2, 0.25) is 0 Å². The summed E-state index contributed by atoms with van der Waals surface area (Å²) >= 11 is 2.01. The number of hydrogen-bond donors (Lipinski definition) is 0. The number of hydrogen-bond acceptors (Lipinski definition) is 2. The molecular formula is C52H51NS. The molecule has 0 amide bonds. The summed E-state index contributed by atoms with van der Waals surface area (Å²) in [4.78, 5) is 5.49. The summed E-state index contributed by atoms with van der Waals surface area (Å²) < 4.78 is 0. The van der Waals surface area contributed by atoms with Gasteiger partial charge in [0.15, 0.2) is 0 Å². The molecular weight excluding hydrogens is 671 g/mol. The van der Waals surface area contributed by atoms with E-state index in [1.165, 1.54) is 105 Å². The minimum Gasteiger partial charge on any atom is -0.310 e. The van der Waals surface area contributed by atoms with Crippen molar-refractivity contribution in [1.29, 1.82) is 0 Å². The molecule has 1 aliphatic heterocycles. The van der Waals surface area contributed by atoms with E-state index in [0.29, 0.717) is 0 Å². The third kappa shape index (κ3) is 4.84. The average Bonchev–Trinajstić information content (AvgIpc) is 3.18. The Balaban J connectivity index is 1.03. The first-order valence-electron chi connectivity index (χ1n) is 20.6. The molecule has 6 aromatic rings. The SMILES string of the molecule is CC1(C)CCC(C)(C)c2cc(N(c3ccc(-c4ccc5c(c4)C4(c6ccccc6S5)C5CC6CC(C5)CC4C6)cc3)c3cccc4ccccc34)ccc21. The minimum atomic E-state index is 0.134. The standard InChI is InChI=1S/C52H51NS/c1-50(2)24-25-51(3,4)45-32-41(21-22-43(45)50)53(47-14-9-11-36-10-5-6-12-42(36)47)40-19-16-35(17-20-40)37-18-23-49-46(31-37)52(44-13-7-8-15-48(44)54-49)38-27-33-26-34(29-38)30-39(52)28-33/h5-23,31-34,38-39H,24-30H2,1-4H3. The molecule has 54 heavy (non-hydrogen) atoms. The molecule has 1 heterocycles. The number of nitrogens with zero attached hydrogens (tertiary/aromatic N) is 1. The Labute approximate surface area is 326 Å². The van der Waals surface area contributed by atoms with Crippen LogP contribution in [0.1, 0.15) is 94.9 Å². The predicted octanol–water partition coefficient (Wildman–Crippen LogP) is 14.5. The molecule has 0 N–H and O–H groups in total. The zero-order valence-electron chi connectivity index (χ0n) is 32.2. The van der Waals surface area contributed by atoms with Gasteiger partial charge < -0.3 is 4.90 Å². The smallest absolute Gasteiger partial charge is 0.0540 e. The first-order valence-corrected chi connectivity index (χ1v) is 21.5. The highest BCUT2D eigenvalue weighted by molar-refractivity contribution is 7.99. The molecule has 4 saturated carbocycles. The van der Waals surface area contributed by atoms with E-state index >= 15 is 0 Å². The van der Waals surface area contributed by atoms with E-state index in [0.717, 1.165) is 23.7 Å². The molecule has 0 atom stereocenters. The van der Waals surface area contributed by atoms with Crippen LogP contribution in [0.5, 0.6) is 0 Å². The number of fused-ring (bicyclic) bond motifs is 4. The van der Waals surface area contributed by atoms with Crippen molar-refractivity contribution in [2.45, 2.75) is 98.7 Å². The van der Waals surface area contributed by atoms with Crippen LogP contribution in [0.3, 0.4) is 0 Å². The molecule has 5 aliphatic carbocycles. The van der Waals surface area contributed by atoms with Crippen LogP contribution < -0.4 is 4.90 Å². The normalized spacial score (nSPS) is 26.7. The highest BCUT2D eigenvalue weighted by Crippen LogP contribution is 2.69. The largest absolute Gasteiger partial charge is 0.310 e. The monoisotopic (exact) mass is 721 g/mol. The highest BCUT2D eigenvalue weighted by atomic mass is 32.2. The van der Waals surface area contributed by atoms with Gasteiger partial charge in [-0.1, -0.05) is 118 Å². The van der Waals surface area contributed by atoms with E-state index in [4.69, 9.17) is 0 Å². The summed E-state index contributed by atoms with van der Waals surface area (Å²) in [6.07, 6.45) is 9.54. The molecule has 12 rings (SSSR count). The lowest BCUT2D eigenvalue weighted by atomic mass is 9.42. The molecule has 2 heteroatoms. The van der Waals surface area contributed by atoms with Gasteiger partial charge in [-0.05, 0) is 167 Å². The Morgan fingerprint density at radius 1 is 0.500 bits per heavy atom. The van der Waals surface area contributed by atoms with Crippen LogP contribution in [0.4, 0.5) is 17.1 Å². The van der Waals surface area contributed by atoms with Gasteiger partial charge in [-0.15, -0.1) is 0 Å². The molecule has 0 unspecified atom stereocenters. The average molecular weight is 722 g/mol. The quantitative estimate of drug-likeness (QED) is 0.178. The number of benzene rings is 6. The van der Waals surface area contributed by atoms with Crippen molar-refractivity contribution >= 4 is 39.6 Å². The Morgan fingerprint density at radius 3 is 1.91 bits per heavy atom. The summed E-state index contributed by atoms with van der Waals surface area (Å²) in [7, 11) is 0. The second-order valence-corrected chi connectivity index (χ2v) is 19.9. The van der Waals surface area contributed by atoms with Gasteiger partial charge in [0, 0.05) is 32.0 Å². The van der Waals surface area contributed by atoms with E-state index in [9.17, 15) is 0 Å². The van der Waals surface area contributed by atoms with Gasteiger partial charge in [-0.3, -0.25) is 0 Å². The van der Waals surface area contributed by atoms with Gasteiger partial charge in [-0.2, -0.15) is 0 Å². The molecule has 6 aromatic carbocycles. The third-order valence-corrected chi connectivity index (χ3v) is 16.1. The van der Waals surface area contributed by atoms with E-state index < -0.39 is 0 Å². The number of anilines is 3. The van der Waals surface area contributed by atoms with Crippen molar-refractivity contribution in [2.75, 3.05) is 4.90 Å². The fourth-order valence-corrected chi connectivity index (χ4v) is 13.6. The van der Waals surface area contributed by atoms with Crippen molar-refractivity contribution in [3.05, 3.63) is 150 Å². The van der Waals surface area contributed by atoms with Gasteiger partial charge in [0.05, 0.1) is 5.69 Å². The van der Waals surface area contributed by atoms with Crippen LogP contribution in [-0.4, -0.2) is 0 Å². The van der Waals surface area contributed by atoms with Crippen LogP contribution in [0.15, 0.2) is 137 Å². The Hall–Kier alpha value is -4.27. The maximum absolute atomic E-state index is 2.63. The fraction of sp³-hybridized carbons (Fsp3) is 0.346. The van der Waals surface area contributed by atoms with E-state index in [2.05, 4.69) is 160 Å². The lowest BCUT2D eigenvalue weighted by Gasteiger charge is -2.63. The molecule has 4 fully saturated rings. The molecule has 6 aliphatic rings. The van der Waals surface area contributed by atoms with Crippen molar-refractivity contribution in [3.63, 3.8) is 0 Å². The lowest BCUT2D eigenvalue weighted by molar-refractivity contribution is -0.0443. The Morgan fingerprint density at radius 2 is 1.13 bits per heavy atom. The summed E-state index contributed by atoms with van der Waals surface area (Å²) in [5, 5.41) is 2.54. The van der Waals surface area contributed by atoms with E-state index in [-0.39, 0.29) is 16.2 Å². The summed E-state index contributed by atoms with van der Waals surface area (Å²) in [5.41, 5.74) is 13.0. The van der Waals surface area contributed by atoms with E-state index in [1.54, 1.807) is 11.1 Å². The van der Waals surface area contributed by atoms with E-state index in [1.807, 2.05) is 11.8 Å². The molecule has 0 radical (unpaired) electrons. The second-order valence-electron chi connectivity index (χ2n) is 18.9. The molecule has 1 spiro atoms. The first-order chi connectivity index (χ1) is 26.2. The summed E-state index contributed by atoms with van der Waals surface area (Å²) in [6.45, 7) is 9.71. The Kier molecular flexibility index (Phi) is 7.27. The highest BCUT2D eigenvalue weighted by Gasteiger charge is 2.60. The Bertz CT molecular complexity index is 2420. The van der Waals surface area contributed by atoms with Gasteiger partial charge in [0.25, 0.3) is 0 Å². The minimum absolute atomic E-state index is 0.134. The number of rotatable bonds is 4. The van der Waals surface area contributed by atoms with Crippen LogP contribution in [0.25, 0.3) is 21.9 Å². The van der Waals surface area contributed by atoms with Crippen LogP contribution >= 0.6 is 11.8 Å². The first kappa shape index (κ1) is 33.1. The van der Waals surface area contributed by atoms with Crippen molar-refractivity contribution in [1.82, 2.24) is 0 Å². The van der Waals surface area contributed by atoms with Crippen LogP contribution in [-0.2, 0) is 16.2 Å². The fourth-order valence-electron chi connectivity index (χ4n) is 12.4. The molecule has 0 aromatic heterocycles. The maximum atomic E-state index is 2.63. The van der Waals surface area contributed by atoms with Crippen LogP contribution in [0.2, 0.25) is 0 Å². The molecule has 270 valence electrons. The molecule has 4 bridgehead atoms. The summed E-state index contributed by atoms with van der Waals surface area (Å²) in [6, 6.07) is 49.4. The maximum Gasteiger partial charge on any atom is 0.0540 e. The van der Waals surface area contributed by atoms with Gasteiger partial charge in [0.1, 0.15) is 0 Å².